The van der Waals surface area contributed by atoms with Crippen LogP contribution in [0.4, 0.5) is 0 Å². The first-order chi connectivity index (χ1) is 7.61. The van der Waals surface area contributed by atoms with Gasteiger partial charge in [0.05, 0.1) is 13.2 Å². The molecule has 1 aromatic rings. The molecule has 0 aliphatic carbocycles. The van der Waals surface area contributed by atoms with Crippen molar-refractivity contribution in [3.05, 3.63) is 41.5 Å². The molecule has 0 aliphatic heterocycles. The second kappa shape index (κ2) is 8.64. The quantitative estimate of drug-likeness (QED) is 0.673. The Balaban J connectivity index is 0.000000487. The van der Waals surface area contributed by atoms with Crippen LogP contribution < -0.4 is 0 Å². The van der Waals surface area contributed by atoms with Crippen molar-refractivity contribution >= 4 is 12.0 Å². The Hall–Kier alpha value is -1.65. The van der Waals surface area contributed by atoms with E-state index in [0.29, 0.717) is 5.57 Å². The highest BCUT2D eigenvalue weighted by molar-refractivity contribution is 5.91. The van der Waals surface area contributed by atoms with Gasteiger partial charge in [-0.15, -0.1) is 0 Å². The molecule has 4 heteroatoms. The van der Waals surface area contributed by atoms with Crippen LogP contribution >= 0.6 is 0 Å². The zero-order valence-corrected chi connectivity index (χ0v) is 9.13. The second-order valence-corrected chi connectivity index (χ2v) is 2.99. The summed E-state index contributed by atoms with van der Waals surface area (Å²) < 4.78 is 0. The van der Waals surface area contributed by atoms with Gasteiger partial charge in [-0.1, -0.05) is 30.3 Å². The number of hydrogen-bond acceptors (Lipinski definition) is 3. The van der Waals surface area contributed by atoms with Crippen molar-refractivity contribution in [3.63, 3.8) is 0 Å². The van der Waals surface area contributed by atoms with Crippen molar-refractivity contribution in [3.8, 4) is 0 Å². The molecule has 1 aromatic carbocycles. The Morgan fingerprint density at radius 2 is 1.69 bits per heavy atom. The summed E-state index contributed by atoms with van der Waals surface area (Å²) in [6.07, 6.45) is 1.64. The van der Waals surface area contributed by atoms with Gasteiger partial charge in [0.15, 0.2) is 0 Å². The number of carboxylic acids is 1. The van der Waals surface area contributed by atoms with Crippen molar-refractivity contribution in [1.82, 2.24) is 0 Å². The average molecular weight is 224 g/mol. The van der Waals surface area contributed by atoms with Crippen molar-refractivity contribution < 1.29 is 20.1 Å². The Morgan fingerprint density at radius 1 is 1.19 bits per heavy atom. The SMILES string of the molecule is CC(=Cc1ccccc1)C(=O)O.OCCO. The van der Waals surface area contributed by atoms with Gasteiger partial charge in [-0.3, -0.25) is 0 Å². The standard InChI is InChI=1S/C10H10O2.C2H6O2/c1-8(10(11)12)7-9-5-3-2-4-6-9;3-1-2-4/h2-7H,1H3,(H,11,12);3-4H,1-2H2. The second-order valence-electron chi connectivity index (χ2n) is 2.99. The molecule has 88 valence electrons. The van der Waals surface area contributed by atoms with Crippen molar-refractivity contribution in [2.45, 2.75) is 6.92 Å². The predicted molar refractivity (Wildman–Crippen MR) is 61.9 cm³/mol. The Bertz CT molecular complexity index is 328. The van der Waals surface area contributed by atoms with Crippen LogP contribution in [0.1, 0.15) is 12.5 Å². The summed E-state index contributed by atoms with van der Waals surface area (Å²) in [6, 6.07) is 9.38. The van der Waals surface area contributed by atoms with Gasteiger partial charge in [-0.2, -0.15) is 0 Å². The first-order valence-electron chi connectivity index (χ1n) is 4.80. The van der Waals surface area contributed by atoms with Crippen LogP contribution in [0.25, 0.3) is 6.08 Å². The van der Waals surface area contributed by atoms with E-state index in [2.05, 4.69) is 0 Å². The van der Waals surface area contributed by atoms with Crippen molar-refractivity contribution in [2.75, 3.05) is 13.2 Å². The average Bonchev–Trinajstić information content (AvgIpc) is 2.30. The third kappa shape index (κ3) is 6.75. The highest BCUT2D eigenvalue weighted by atomic mass is 16.4. The van der Waals surface area contributed by atoms with Crippen LogP contribution in [0, 0.1) is 0 Å². The monoisotopic (exact) mass is 224 g/mol. The van der Waals surface area contributed by atoms with E-state index >= 15 is 0 Å². The number of hydrogen-bond donors (Lipinski definition) is 3. The summed E-state index contributed by atoms with van der Waals surface area (Å²) in [7, 11) is 0. The van der Waals surface area contributed by atoms with E-state index in [4.69, 9.17) is 15.3 Å². The van der Waals surface area contributed by atoms with Crippen molar-refractivity contribution in [1.29, 1.82) is 0 Å². The molecule has 0 amide bonds. The molecule has 0 aromatic heterocycles. The molecule has 0 fully saturated rings. The predicted octanol–water partition coefficient (Wildman–Crippen LogP) is 1.15. The van der Waals surface area contributed by atoms with E-state index in [1.165, 1.54) is 0 Å². The van der Waals surface area contributed by atoms with Gasteiger partial charge in [-0.05, 0) is 18.6 Å². The maximum atomic E-state index is 10.4. The number of rotatable bonds is 3. The van der Waals surface area contributed by atoms with E-state index in [-0.39, 0.29) is 13.2 Å². The molecule has 0 atom stereocenters. The molecule has 1 rings (SSSR count). The largest absolute Gasteiger partial charge is 0.478 e. The fourth-order valence-corrected chi connectivity index (χ4v) is 0.861. The number of carboxylic acid groups (broad SMARTS) is 1. The molecule has 0 bridgehead atoms. The maximum Gasteiger partial charge on any atom is 0.331 e. The molecule has 0 heterocycles. The topological polar surface area (TPSA) is 77.8 Å². The smallest absolute Gasteiger partial charge is 0.331 e. The summed E-state index contributed by atoms with van der Waals surface area (Å²) >= 11 is 0. The summed E-state index contributed by atoms with van der Waals surface area (Å²) in [6.45, 7) is 1.33. The fraction of sp³-hybridized carbons (Fsp3) is 0.250. The van der Waals surface area contributed by atoms with Gasteiger partial charge < -0.3 is 15.3 Å². The minimum atomic E-state index is -0.876. The minimum absolute atomic E-state index is 0.125. The summed E-state index contributed by atoms with van der Waals surface area (Å²) in [4.78, 5) is 10.4. The summed E-state index contributed by atoms with van der Waals surface area (Å²) in [5.41, 5.74) is 1.26. The lowest BCUT2D eigenvalue weighted by molar-refractivity contribution is -0.132. The normalized spacial score (nSPS) is 10.3. The molecular formula is C12H16O4. The molecule has 0 saturated heterocycles. The van der Waals surface area contributed by atoms with Crippen LogP contribution in [0.15, 0.2) is 35.9 Å². The van der Waals surface area contributed by atoms with Crippen LogP contribution in [-0.2, 0) is 4.79 Å². The molecule has 0 saturated carbocycles. The van der Waals surface area contributed by atoms with Crippen molar-refractivity contribution in [2.24, 2.45) is 0 Å². The van der Waals surface area contributed by atoms with Crippen LogP contribution in [0.3, 0.4) is 0 Å². The van der Waals surface area contributed by atoms with E-state index in [0.717, 1.165) is 5.56 Å². The fourth-order valence-electron chi connectivity index (χ4n) is 0.861. The maximum absolute atomic E-state index is 10.4. The molecule has 3 N–H and O–H groups in total. The van der Waals surface area contributed by atoms with Gasteiger partial charge in [-0.25, -0.2) is 4.79 Å². The molecule has 0 unspecified atom stereocenters. The van der Waals surface area contributed by atoms with Gasteiger partial charge in [0.25, 0.3) is 0 Å². The number of aliphatic carboxylic acids is 1. The molecular weight excluding hydrogens is 208 g/mol. The lowest BCUT2D eigenvalue weighted by Gasteiger charge is -1.93. The minimum Gasteiger partial charge on any atom is -0.478 e. The molecule has 0 radical (unpaired) electrons. The number of benzene rings is 1. The van der Waals surface area contributed by atoms with Gasteiger partial charge in [0.1, 0.15) is 0 Å². The first kappa shape index (κ1) is 14.3. The molecule has 16 heavy (non-hydrogen) atoms. The Kier molecular flexibility index (Phi) is 7.75. The van der Waals surface area contributed by atoms with Crippen LogP contribution in [0.2, 0.25) is 0 Å². The number of aliphatic hydroxyl groups is 2. The zero-order valence-electron chi connectivity index (χ0n) is 9.13. The van der Waals surface area contributed by atoms with Gasteiger partial charge in [0.2, 0.25) is 0 Å². The summed E-state index contributed by atoms with van der Waals surface area (Å²) in [5, 5.41) is 23.8. The number of carbonyl (C=O) groups is 1. The zero-order chi connectivity index (χ0) is 12.4. The van der Waals surface area contributed by atoms with E-state index in [9.17, 15) is 4.79 Å². The highest BCUT2D eigenvalue weighted by Gasteiger charge is 1.98. The van der Waals surface area contributed by atoms with Gasteiger partial charge in [0, 0.05) is 5.57 Å². The third-order valence-corrected chi connectivity index (χ3v) is 1.62. The highest BCUT2D eigenvalue weighted by Crippen LogP contribution is 2.05. The third-order valence-electron chi connectivity index (χ3n) is 1.62. The van der Waals surface area contributed by atoms with E-state index < -0.39 is 5.97 Å². The Morgan fingerprint density at radius 3 is 2.06 bits per heavy atom. The summed E-state index contributed by atoms with van der Waals surface area (Å²) in [5.74, 6) is -0.876. The van der Waals surface area contributed by atoms with E-state index in [1.807, 2.05) is 30.3 Å². The van der Waals surface area contributed by atoms with E-state index in [1.54, 1.807) is 13.0 Å². The van der Waals surface area contributed by atoms with Crippen LogP contribution in [-0.4, -0.2) is 34.5 Å². The molecule has 4 nitrogen and oxygen atoms in total. The van der Waals surface area contributed by atoms with Gasteiger partial charge >= 0.3 is 5.97 Å². The Labute approximate surface area is 94.5 Å². The lowest BCUT2D eigenvalue weighted by Crippen LogP contribution is -1.95. The first-order valence-corrected chi connectivity index (χ1v) is 4.80. The van der Waals surface area contributed by atoms with Crippen LogP contribution in [0.5, 0.6) is 0 Å². The lowest BCUT2D eigenvalue weighted by atomic mass is 10.1. The molecule has 0 aliphatic rings. The number of aliphatic hydroxyl groups excluding tert-OH is 2. The molecule has 0 spiro atoms.